The molecule has 2 rings (SSSR count). The zero-order valence-corrected chi connectivity index (χ0v) is 15.5. The normalized spacial score (nSPS) is 22.3. The topological polar surface area (TPSA) is 41.5 Å². The molecule has 0 bridgehead atoms. The van der Waals surface area contributed by atoms with E-state index in [1.807, 2.05) is 6.07 Å². The molecule has 21 heavy (non-hydrogen) atoms. The van der Waals surface area contributed by atoms with Crippen molar-refractivity contribution < 1.29 is 9.84 Å². The fourth-order valence-electron chi connectivity index (χ4n) is 3.16. The Kier molecular flexibility index (Phi) is 6.99. The zero-order chi connectivity index (χ0) is 15.2. The van der Waals surface area contributed by atoms with E-state index in [1.54, 1.807) is 7.11 Å². The Morgan fingerprint density at radius 1 is 1.24 bits per heavy atom. The lowest BCUT2D eigenvalue weighted by Crippen LogP contribution is -2.32. The van der Waals surface area contributed by atoms with Gasteiger partial charge >= 0.3 is 0 Å². The number of rotatable bonds is 6. The lowest BCUT2D eigenvalue weighted by atomic mass is 9.79. The quantitative estimate of drug-likeness (QED) is 0.727. The summed E-state index contributed by atoms with van der Waals surface area (Å²) in [6.07, 6.45) is 4.93. The van der Waals surface area contributed by atoms with E-state index in [2.05, 4.69) is 43.2 Å². The van der Waals surface area contributed by atoms with Crippen LogP contribution in [0.1, 0.15) is 31.2 Å². The SMILES string of the molecule is COc1c(Br)cc(Br)cc1CNCC1CCCCC1CO. The summed E-state index contributed by atoms with van der Waals surface area (Å²) >= 11 is 7.05. The van der Waals surface area contributed by atoms with Gasteiger partial charge in [0.25, 0.3) is 0 Å². The van der Waals surface area contributed by atoms with Crippen LogP contribution in [0.3, 0.4) is 0 Å². The van der Waals surface area contributed by atoms with E-state index in [4.69, 9.17) is 4.74 Å². The minimum atomic E-state index is 0.318. The first-order valence-corrected chi connectivity index (χ1v) is 9.07. The molecule has 0 aromatic heterocycles. The number of aliphatic hydroxyl groups is 1. The molecular weight excluding hydrogens is 398 g/mol. The number of benzene rings is 1. The predicted molar refractivity (Wildman–Crippen MR) is 92.6 cm³/mol. The summed E-state index contributed by atoms with van der Waals surface area (Å²) in [4.78, 5) is 0. The summed E-state index contributed by atoms with van der Waals surface area (Å²) in [7, 11) is 1.69. The standard InChI is InChI=1S/C16H23Br2NO2/c1-21-16-13(6-14(17)7-15(16)18)9-19-8-11-4-2-3-5-12(11)10-20/h6-7,11-12,19-20H,2-5,8-10H2,1H3. The van der Waals surface area contributed by atoms with E-state index in [1.165, 1.54) is 19.3 Å². The molecule has 0 spiro atoms. The minimum absolute atomic E-state index is 0.318. The average Bonchev–Trinajstić information content (AvgIpc) is 2.47. The maximum Gasteiger partial charge on any atom is 0.137 e. The molecule has 2 unspecified atom stereocenters. The number of methoxy groups -OCH3 is 1. The van der Waals surface area contributed by atoms with E-state index >= 15 is 0 Å². The van der Waals surface area contributed by atoms with Crippen molar-refractivity contribution in [2.45, 2.75) is 32.2 Å². The molecule has 2 N–H and O–H groups in total. The highest BCUT2D eigenvalue weighted by atomic mass is 79.9. The molecule has 1 saturated carbocycles. The minimum Gasteiger partial charge on any atom is -0.495 e. The van der Waals surface area contributed by atoms with Crippen molar-refractivity contribution in [1.29, 1.82) is 0 Å². The van der Waals surface area contributed by atoms with E-state index in [0.29, 0.717) is 18.4 Å². The zero-order valence-electron chi connectivity index (χ0n) is 12.4. The van der Waals surface area contributed by atoms with Crippen LogP contribution in [0.15, 0.2) is 21.1 Å². The van der Waals surface area contributed by atoms with Crippen LogP contribution >= 0.6 is 31.9 Å². The average molecular weight is 421 g/mol. The van der Waals surface area contributed by atoms with Gasteiger partial charge in [-0.15, -0.1) is 0 Å². The van der Waals surface area contributed by atoms with E-state index in [9.17, 15) is 5.11 Å². The van der Waals surface area contributed by atoms with Crippen molar-refractivity contribution in [2.75, 3.05) is 20.3 Å². The molecule has 3 nitrogen and oxygen atoms in total. The first-order chi connectivity index (χ1) is 10.2. The molecule has 2 atom stereocenters. The Bertz CT molecular complexity index is 468. The van der Waals surface area contributed by atoms with Gasteiger partial charge in [-0.3, -0.25) is 0 Å². The van der Waals surface area contributed by atoms with Gasteiger partial charge in [0.05, 0.1) is 11.6 Å². The fraction of sp³-hybridized carbons (Fsp3) is 0.625. The van der Waals surface area contributed by atoms with Crippen molar-refractivity contribution in [3.63, 3.8) is 0 Å². The lowest BCUT2D eigenvalue weighted by Gasteiger charge is -2.30. The van der Waals surface area contributed by atoms with Gasteiger partial charge in [-0.05, 0) is 59.3 Å². The summed E-state index contributed by atoms with van der Waals surface area (Å²) in [6, 6.07) is 4.08. The van der Waals surface area contributed by atoms with Gasteiger partial charge in [-0.1, -0.05) is 28.8 Å². The molecule has 0 amide bonds. The van der Waals surface area contributed by atoms with Gasteiger partial charge in [0, 0.05) is 23.2 Å². The third-order valence-corrected chi connectivity index (χ3v) is 5.36. The van der Waals surface area contributed by atoms with Crippen LogP contribution in [-0.4, -0.2) is 25.4 Å². The molecule has 5 heteroatoms. The summed E-state index contributed by atoms with van der Waals surface area (Å²) in [6.45, 7) is 2.05. The van der Waals surface area contributed by atoms with Crippen molar-refractivity contribution in [3.8, 4) is 5.75 Å². The van der Waals surface area contributed by atoms with Crippen LogP contribution < -0.4 is 10.1 Å². The maximum atomic E-state index is 9.47. The second kappa shape index (κ2) is 8.51. The molecule has 0 aliphatic heterocycles. The van der Waals surface area contributed by atoms with Crippen molar-refractivity contribution in [3.05, 3.63) is 26.6 Å². The maximum absolute atomic E-state index is 9.47. The highest BCUT2D eigenvalue weighted by Gasteiger charge is 2.24. The summed E-state index contributed by atoms with van der Waals surface area (Å²) in [5, 5.41) is 13.0. The number of halogens is 2. The van der Waals surface area contributed by atoms with Gasteiger partial charge in [-0.2, -0.15) is 0 Å². The van der Waals surface area contributed by atoms with Gasteiger partial charge in [0.2, 0.25) is 0 Å². The number of hydrogen-bond donors (Lipinski definition) is 2. The molecule has 1 aliphatic rings. The Morgan fingerprint density at radius 3 is 2.62 bits per heavy atom. The molecule has 1 aliphatic carbocycles. The third-order valence-electron chi connectivity index (χ3n) is 4.31. The number of nitrogens with one attached hydrogen (secondary N) is 1. The molecule has 118 valence electrons. The van der Waals surface area contributed by atoms with Crippen molar-refractivity contribution in [2.24, 2.45) is 11.8 Å². The summed E-state index contributed by atoms with van der Waals surface area (Å²) in [5.74, 6) is 1.93. The number of ether oxygens (including phenoxy) is 1. The Labute approximate surface area is 143 Å². The Hall–Kier alpha value is -0.100. The molecule has 1 aromatic carbocycles. The lowest BCUT2D eigenvalue weighted by molar-refractivity contribution is 0.133. The first kappa shape index (κ1) is 17.3. The highest BCUT2D eigenvalue weighted by Crippen LogP contribution is 2.33. The van der Waals surface area contributed by atoms with Crippen molar-refractivity contribution >= 4 is 31.9 Å². The second-order valence-electron chi connectivity index (χ2n) is 5.70. The predicted octanol–water partition coefficient (Wildman–Crippen LogP) is 4.11. The molecule has 0 radical (unpaired) electrons. The van der Waals surface area contributed by atoms with Crippen LogP contribution in [0.25, 0.3) is 0 Å². The van der Waals surface area contributed by atoms with Gasteiger partial charge in [-0.25, -0.2) is 0 Å². The molecule has 0 heterocycles. The smallest absolute Gasteiger partial charge is 0.137 e. The van der Waals surface area contributed by atoms with Crippen LogP contribution in [0.2, 0.25) is 0 Å². The van der Waals surface area contributed by atoms with Crippen LogP contribution in [0, 0.1) is 11.8 Å². The van der Waals surface area contributed by atoms with Crippen LogP contribution in [-0.2, 0) is 6.54 Å². The molecule has 1 aromatic rings. The Balaban J connectivity index is 1.94. The van der Waals surface area contributed by atoms with Crippen molar-refractivity contribution in [1.82, 2.24) is 5.32 Å². The first-order valence-electron chi connectivity index (χ1n) is 7.49. The molecule has 1 fully saturated rings. The van der Waals surface area contributed by atoms with Gasteiger partial charge in [0.15, 0.2) is 0 Å². The summed E-state index contributed by atoms with van der Waals surface area (Å²) < 4.78 is 7.47. The fourth-order valence-corrected chi connectivity index (χ4v) is 4.63. The summed E-state index contributed by atoms with van der Waals surface area (Å²) in [5.41, 5.74) is 1.13. The third kappa shape index (κ3) is 4.68. The van der Waals surface area contributed by atoms with Gasteiger partial charge in [0.1, 0.15) is 5.75 Å². The monoisotopic (exact) mass is 419 g/mol. The van der Waals surface area contributed by atoms with Crippen LogP contribution in [0.4, 0.5) is 0 Å². The highest BCUT2D eigenvalue weighted by molar-refractivity contribution is 9.11. The number of aliphatic hydroxyl groups excluding tert-OH is 1. The largest absolute Gasteiger partial charge is 0.495 e. The van der Waals surface area contributed by atoms with E-state index in [-0.39, 0.29) is 0 Å². The van der Waals surface area contributed by atoms with Gasteiger partial charge < -0.3 is 15.2 Å². The van der Waals surface area contributed by atoms with E-state index in [0.717, 1.165) is 39.8 Å². The van der Waals surface area contributed by atoms with Crippen LogP contribution in [0.5, 0.6) is 5.75 Å². The molecule has 0 saturated heterocycles. The number of hydrogen-bond acceptors (Lipinski definition) is 3. The second-order valence-corrected chi connectivity index (χ2v) is 7.47. The van der Waals surface area contributed by atoms with E-state index < -0.39 is 0 Å². The Morgan fingerprint density at radius 2 is 1.95 bits per heavy atom. The molecular formula is C16H23Br2NO2.